The highest BCUT2D eigenvalue weighted by Gasteiger charge is 2.32. The molecule has 0 bridgehead atoms. The Kier molecular flexibility index (Phi) is 4.44. The lowest BCUT2D eigenvalue weighted by Crippen LogP contribution is -2.48. The summed E-state index contributed by atoms with van der Waals surface area (Å²) in [5.74, 6) is -0.652. The molecule has 1 aromatic heterocycles. The van der Waals surface area contributed by atoms with Gasteiger partial charge in [0.1, 0.15) is 4.88 Å². The average Bonchev–Trinajstić information content (AvgIpc) is 3.16. The van der Waals surface area contributed by atoms with Crippen molar-refractivity contribution in [3.8, 4) is 0 Å². The number of nitrogens with zero attached hydrogens (tertiary/aromatic N) is 2. The summed E-state index contributed by atoms with van der Waals surface area (Å²) < 4.78 is 5.17. The predicted molar refractivity (Wildman–Crippen MR) is 81.3 cm³/mol. The van der Waals surface area contributed by atoms with Crippen LogP contribution in [0, 0.1) is 6.92 Å². The number of hydrogen-bond acceptors (Lipinski definition) is 5. The number of carbonyl (C=O) groups excluding carboxylic acids is 1. The molecule has 0 aromatic carbocycles. The Morgan fingerprint density at radius 1 is 1.36 bits per heavy atom. The van der Waals surface area contributed by atoms with Crippen LogP contribution in [-0.4, -0.2) is 52.7 Å². The summed E-state index contributed by atoms with van der Waals surface area (Å²) in [6.07, 6.45) is 3.84. The summed E-state index contributed by atoms with van der Waals surface area (Å²) in [4.78, 5) is 30.5. The van der Waals surface area contributed by atoms with E-state index in [9.17, 15) is 9.59 Å². The van der Waals surface area contributed by atoms with E-state index in [-0.39, 0.29) is 19.1 Å². The van der Waals surface area contributed by atoms with Gasteiger partial charge in [0.15, 0.2) is 6.10 Å². The second-order valence-corrected chi connectivity index (χ2v) is 6.93. The smallest absolute Gasteiger partial charge is 0.334 e. The van der Waals surface area contributed by atoms with Gasteiger partial charge in [-0.05, 0) is 19.8 Å². The van der Waals surface area contributed by atoms with Crippen molar-refractivity contribution in [3.05, 3.63) is 15.6 Å². The number of thiazole rings is 1. The number of amides is 1. The number of hydrogen-bond donors (Lipinski definition) is 1. The Balaban J connectivity index is 1.75. The van der Waals surface area contributed by atoms with Gasteiger partial charge in [-0.3, -0.25) is 4.79 Å². The van der Waals surface area contributed by atoms with Gasteiger partial charge in [-0.15, -0.1) is 11.3 Å². The van der Waals surface area contributed by atoms with E-state index < -0.39 is 12.1 Å². The van der Waals surface area contributed by atoms with E-state index in [1.807, 2.05) is 6.92 Å². The third-order valence-electron chi connectivity index (χ3n) is 4.34. The molecule has 2 fully saturated rings. The van der Waals surface area contributed by atoms with Crippen molar-refractivity contribution in [1.29, 1.82) is 0 Å². The highest BCUT2D eigenvalue weighted by Crippen LogP contribution is 2.37. The predicted octanol–water partition coefficient (Wildman–Crippen LogP) is 2.03. The van der Waals surface area contributed by atoms with Crippen molar-refractivity contribution in [2.45, 2.75) is 44.6 Å². The SMILES string of the molecule is Cc1nc(C2CCCC2)sc1C(=O)N1CCO[C@@H](C(=O)O)C1. The van der Waals surface area contributed by atoms with Crippen molar-refractivity contribution >= 4 is 23.2 Å². The minimum absolute atomic E-state index is 0.101. The van der Waals surface area contributed by atoms with Gasteiger partial charge in [0.25, 0.3) is 5.91 Å². The lowest BCUT2D eigenvalue weighted by Gasteiger charge is -2.30. The van der Waals surface area contributed by atoms with Crippen molar-refractivity contribution in [1.82, 2.24) is 9.88 Å². The Morgan fingerprint density at radius 3 is 2.77 bits per heavy atom. The zero-order valence-electron chi connectivity index (χ0n) is 12.6. The second-order valence-electron chi connectivity index (χ2n) is 5.90. The normalized spacial score (nSPS) is 23.0. The van der Waals surface area contributed by atoms with Gasteiger partial charge in [-0.2, -0.15) is 0 Å². The van der Waals surface area contributed by atoms with Gasteiger partial charge in [-0.25, -0.2) is 9.78 Å². The molecule has 2 aliphatic rings. The standard InChI is InChI=1S/C15H20N2O4S/c1-9-12(22-13(16-9)10-4-2-3-5-10)14(18)17-6-7-21-11(8-17)15(19)20/h10-11H,2-8H2,1H3,(H,19,20)/t11-/m1/s1. The van der Waals surface area contributed by atoms with Gasteiger partial charge in [0.05, 0.1) is 23.9 Å². The minimum atomic E-state index is -1.02. The van der Waals surface area contributed by atoms with Crippen LogP contribution in [0.2, 0.25) is 0 Å². The number of morpholine rings is 1. The van der Waals surface area contributed by atoms with Crippen LogP contribution in [-0.2, 0) is 9.53 Å². The van der Waals surface area contributed by atoms with Gasteiger partial charge in [0, 0.05) is 12.5 Å². The number of carboxylic acids is 1. The van der Waals surface area contributed by atoms with E-state index in [0.717, 1.165) is 23.5 Å². The Hall–Kier alpha value is -1.47. The van der Waals surface area contributed by atoms with E-state index in [4.69, 9.17) is 9.84 Å². The van der Waals surface area contributed by atoms with Crippen molar-refractivity contribution < 1.29 is 19.4 Å². The molecule has 22 heavy (non-hydrogen) atoms. The zero-order chi connectivity index (χ0) is 15.7. The first-order valence-electron chi connectivity index (χ1n) is 7.67. The topological polar surface area (TPSA) is 79.7 Å². The molecular formula is C15H20N2O4S. The third kappa shape index (κ3) is 3.01. The quantitative estimate of drug-likeness (QED) is 0.920. The molecule has 2 heterocycles. The highest BCUT2D eigenvalue weighted by molar-refractivity contribution is 7.13. The monoisotopic (exact) mass is 324 g/mol. The van der Waals surface area contributed by atoms with Crippen LogP contribution < -0.4 is 0 Å². The molecule has 0 spiro atoms. The van der Waals surface area contributed by atoms with Crippen LogP contribution in [0.4, 0.5) is 0 Å². The van der Waals surface area contributed by atoms with Gasteiger partial charge in [-0.1, -0.05) is 12.8 Å². The minimum Gasteiger partial charge on any atom is -0.479 e. The van der Waals surface area contributed by atoms with Crippen LogP contribution in [0.5, 0.6) is 0 Å². The number of carboxylic acid groups (broad SMARTS) is 1. The lowest BCUT2D eigenvalue weighted by atomic mass is 10.1. The molecule has 3 rings (SSSR count). The summed E-state index contributed by atoms with van der Waals surface area (Å²) in [6, 6.07) is 0. The van der Waals surface area contributed by atoms with E-state index in [2.05, 4.69) is 4.98 Å². The zero-order valence-corrected chi connectivity index (χ0v) is 13.4. The molecule has 1 aliphatic carbocycles. The maximum atomic E-state index is 12.7. The van der Waals surface area contributed by atoms with Crippen LogP contribution in [0.1, 0.15) is 52.0 Å². The fraction of sp³-hybridized carbons (Fsp3) is 0.667. The van der Waals surface area contributed by atoms with Gasteiger partial charge < -0.3 is 14.7 Å². The van der Waals surface area contributed by atoms with E-state index >= 15 is 0 Å². The first kappa shape index (κ1) is 15.4. The second kappa shape index (κ2) is 6.34. The third-order valence-corrected chi connectivity index (χ3v) is 5.65. The lowest BCUT2D eigenvalue weighted by molar-refractivity contribution is -0.154. The molecule has 1 aromatic rings. The number of aromatic nitrogens is 1. The first-order chi connectivity index (χ1) is 10.6. The number of aryl methyl sites for hydroxylation is 1. The Bertz CT molecular complexity index is 580. The van der Waals surface area contributed by atoms with Crippen molar-refractivity contribution in [2.24, 2.45) is 0 Å². The summed E-state index contributed by atoms with van der Waals surface area (Å²) in [6.45, 7) is 2.65. The Labute approximate surface area is 133 Å². The molecule has 7 heteroatoms. The summed E-state index contributed by atoms with van der Waals surface area (Å²) in [5.41, 5.74) is 0.760. The summed E-state index contributed by atoms with van der Waals surface area (Å²) in [7, 11) is 0. The fourth-order valence-corrected chi connectivity index (χ4v) is 4.29. The molecule has 6 nitrogen and oxygen atoms in total. The van der Waals surface area contributed by atoms with E-state index in [0.29, 0.717) is 17.3 Å². The number of carbonyl (C=O) groups is 2. The van der Waals surface area contributed by atoms with Crippen molar-refractivity contribution in [3.63, 3.8) is 0 Å². The molecule has 0 radical (unpaired) electrons. The Morgan fingerprint density at radius 2 is 2.09 bits per heavy atom. The maximum absolute atomic E-state index is 12.7. The van der Waals surface area contributed by atoms with Crippen LogP contribution in [0.15, 0.2) is 0 Å². The van der Waals surface area contributed by atoms with Gasteiger partial charge in [0.2, 0.25) is 0 Å². The largest absolute Gasteiger partial charge is 0.479 e. The molecule has 1 atom stereocenters. The van der Waals surface area contributed by atoms with E-state index in [1.54, 1.807) is 4.90 Å². The molecular weight excluding hydrogens is 304 g/mol. The molecule has 120 valence electrons. The number of aliphatic carboxylic acids is 1. The van der Waals surface area contributed by atoms with Crippen LogP contribution >= 0.6 is 11.3 Å². The molecule has 1 saturated heterocycles. The summed E-state index contributed by atoms with van der Waals surface area (Å²) in [5, 5.41) is 10.1. The molecule has 0 unspecified atom stereocenters. The molecule has 1 aliphatic heterocycles. The van der Waals surface area contributed by atoms with Crippen LogP contribution in [0.25, 0.3) is 0 Å². The fourth-order valence-electron chi connectivity index (χ4n) is 3.09. The number of ether oxygens (including phenoxy) is 1. The maximum Gasteiger partial charge on any atom is 0.334 e. The van der Waals surface area contributed by atoms with Crippen molar-refractivity contribution in [2.75, 3.05) is 19.7 Å². The van der Waals surface area contributed by atoms with Gasteiger partial charge >= 0.3 is 5.97 Å². The molecule has 1 N–H and O–H groups in total. The molecule has 1 saturated carbocycles. The van der Waals surface area contributed by atoms with Crippen LogP contribution in [0.3, 0.4) is 0 Å². The number of rotatable bonds is 3. The first-order valence-corrected chi connectivity index (χ1v) is 8.49. The average molecular weight is 324 g/mol. The molecule has 1 amide bonds. The highest BCUT2D eigenvalue weighted by atomic mass is 32.1. The van der Waals surface area contributed by atoms with E-state index in [1.165, 1.54) is 24.2 Å². The summed E-state index contributed by atoms with van der Waals surface area (Å²) >= 11 is 1.48.